The Kier molecular flexibility index (Phi) is 11.0. The minimum Gasteiger partial charge on any atom is -0.493 e. The minimum absolute atomic E-state index is 0. The molecule has 0 atom stereocenters. The number of sulfonamides is 1. The van der Waals surface area contributed by atoms with E-state index in [2.05, 4.69) is 20.3 Å². The summed E-state index contributed by atoms with van der Waals surface area (Å²) in [5, 5.41) is 6.31. The topological polar surface area (TPSA) is 101 Å². The summed E-state index contributed by atoms with van der Waals surface area (Å²) in [7, 11) is -0.105. The van der Waals surface area contributed by atoms with Crippen LogP contribution in [0, 0.1) is 0 Å². The summed E-state index contributed by atoms with van der Waals surface area (Å²) in [4.78, 5) is 4.53. The molecule has 0 aliphatic carbocycles. The minimum atomic E-state index is -3.29. The monoisotopic (exact) mass is 514 g/mol. The summed E-state index contributed by atoms with van der Waals surface area (Å²) in [5.74, 6) is 1.92. The number of guanidine groups is 1. The SMILES string of the molecule is CCNC(=NCc1ccc(OC)c(OC)c1)NCC(C)(C)NS(C)(=O)=O.I. The van der Waals surface area contributed by atoms with Gasteiger partial charge in [0, 0.05) is 18.6 Å². The van der Waals surface area contributed by atoms with Crippen molar-refractivity contribution in [2.75, 3.05) is 33.6 Å². The van der Waals surface area contributed by atoms with Gasteiger partial charge in [-0.3, -0.25) is 0 Å². The van der Waals surface area contributed by atoms with Crippen LogP contribution in [-0.4, -0.2) is 53.5 Å². The van der Waals surface area contributed by atoms with Crippen molar-refractivity contribution in [3.63, 3.8) is 0 Å². The largest absolute Gasteiger partial charge is 0.493 e. The van der Waals surface area contributed by atoms with E-state index >= 15 is 0 Å². The highest BCUT2D eigenvalue weighted by Crippen LogP contribution is 2.27. The number of benzene rings is 1. The van der Waals surface area contributed by atoms with Gasteiger partial charge in [-0.15, -0.1) is 24.0 Å². The predicted octanol–water partition coefficient (Wildman–Crippen LogP) is 1.70. The number of hydrogen-bond acceptors (Lipinski definition) is 5. The molecule has 0 spiro atoms. The number of hydrogen-bond donors (Lipinski definition) is 3. The van der Waals surface area contributed by atoms with Crippen LogP contribution in [-0.2, 0) is 16.6 Å². The lowest BCUT2D eigenvalue weighted by Crippen LogP contribution is -2.53. The molecule has 0 aromatic heterocycles. The Morgan fingerprint density at radius 2 is 1.78 bits per heavy atom. The highest BCUT2D eigenvalue weighted by atomic mass is 127. The van der Waals surface area contributed by atoms with Gasteiger partial charge in [-0.05, 0) is 38.5 Å². The molecule has 1 aromatic rings. The van der Waals surface area contributed by atoms with Crippen LogP contribution in [0.3, 0.4) is 0 Å². The molecule has 0 saturated heterocycles. The quantitative estimate of drug-likeness (QED) is 0.264. The first-order chi connectivity index (χ1) is 12.1. The van der Waals surface area contributed by atoms with Crippen molar-refractivity contribution in [1.82, 2.24) is 15.4 Å². The fraction of sp³-hybridized carbons (Fsp3) is 0.588. The van der Waals surface area contributed by atoms with Gasteiger partial charge in [0.25, 0.3) is 0 Å². The first-order valence-electron chi connectivity index (χ1n) is 8.32. The number of rotatable bonds is 9. The maximum Gasteiger partial charge on any atom is 0.209 e. The third-order valence-electron chi connectivity index (χ3n) is 3.37. The Balaban J connectivity index is 0.00000676. The number of halogens is 1. The van der Waals surface area contributed by atoms with Gasteiger partial charge in [0.15, 0.2) is 17.5 Å². The number of nitrogens with zero attached hydrogens (tertiary/aromatic N) is 1. The predicted molar refractivity (Wildman–Crippen MR) is 120 cm³/mol. The summed E-state index contributed by atoms with van der Waals surface area (Å²) < 4.78 is 36.0. The molecule has 1 aromatic carbocycles. The molecule has 1 rings (SSSR count). The highest BCUT2D eigenvalue weighted by Gasteiger charge is 2.22. The van der Waals surface area contributed by atoms with Gasteiger partial charge in [0.2, 0.25) is 10.0 Å². The van der Waals surface area contributed by atoms with Crippen LogP contribution in [0.15, 0.2) is 23.2 Å². The third-order valence-corrected chi connectivity index (χ3v) is 4.29. The molecule has 0 unspecified atom stereocenters. The molecule has 0 saturated carbocycles. The van der Waals surface area contributed by atoms with E-state index in [1.807, 2.05) is 25.1 Å². The second-order valence-electron chi connectivity index (χ2n) is 6.50. The molecule has 0 aliphatic rings. The van der Waals surface area contributed by atoms with E-state index in [0.29, 0.717) is 37.1 Å². The van der Waals surface area contributed by atoms with Gasteiger partial charge in [-0.2, -0.15) is 0 Å². The zero-order valence-electron chi connectivity index (χ0n) is 16.8. The maximum absolute atomic E-state index is 11.4. The third kappa shape index (κ3) is 10.0. The van der Waals surface area contributed by atoms with Crippen molar-refractivity contribution in [2.45, 2.75) is 32.9 Å². The van der Waals surface area contributed by atoms with E-state index in [-0.39, 0.29) is 24.0 Å². The van der Waals surface area contributed by atoms with E-state index in [1.165, 1.54) is 0 Å². The average molecular weight is 514 g/mol. The molecular formula is C17H31IN4O4S. The van der Waals surface area contributed by atoms with Crippen LogP contribution in [0.5, 0.6) is 11.5 Å². The molecule has 0 heterocycles. The average Bonchev–Trinajstić information content (AvgIpc) is 2.55. The summed E-state index contributed by atoms with van der Waals surface area (Å²) in [6.07, 6.45) is 1.14. The number of ether oxygens (including phenoxy) is 2. The summed E-state index contributed by atoms with van der Waals surface area (Å²) in [6, 6.07) is 5.63. The zero-order chi connectivity index (χ0) is 19.8. The van der Waals surface area contributed by atoms with E-state index < -0.39 is 15.6 Å². The Bertz CT molecular complexity index is 724. The van der Waals surface area contributed by atoms with Gasteiger partial charge in [0.05, 0.1) is 27.0 Å². The second-order valence-corrected chi connectivity index (χ2v) is 8.24. The van der Waals surface area contributed by atoms with Crippen LogP contribution >= 0.6 is 24.0 Å². The Hall–Kier alpha value is -1.27. The highest BCUT2D eigenvalue weighted by molar-refractivity contribution is 14.0. The second kappa shape index (κ2) is 11.5. The fourth-order valence-electron chi connectivity index (χ4n) is 2.33. The van der Waals surface area contributed by atoms with Crippen LogP contribution in [0.2, 0.25) is 0 Å². The molecule has 0 aliphatic heterocycles. The first kappa shape index (κ1) is 25.7. The van der Waals surface area contributed by atoms with E-state index in [0.717, 1.165) is 11.8 Å². The molecule has 27 heavy (non-hydrogen) atoms. The van der Waals surface area contributed by atoms with Crippen molar-refractivity contribution < 1.29 is 17.9 Å². The Morgan fingerprint density at radius 1 is 1.15 bits per heavy atom. The van der Waals surface area contributed by atoms with Gasteiger partial charge in [-0.1, -0.05) is 6.07 Å². The Morgan fingerprint density at radius 3 is 2.30 bits per heavy atom. The van der Waals surface area contributed by atoms with Gasteiger partial charge in [0.1, 0.15) is 0 Å². The fourth-order valence-corrected chi connectivity index (χ4v) is 3.41. The maximum atomic E-state index is 11.4. The van der Waals surface area contributed by atoms with Crippen molar-refractivity contribution in [3.8, 4) is 11.5 Å². The van der Waals surface area contributed by atoms with Crippen molar-refractivity contribution in [2.24, 2.45) is 4.99 Å². The van der Waals surface area contributed by atoms with Gasteiger partial charge in [-0.25, -0.2) is 18.1 Å². The lowest BCUT2D eigenvalue weighted by Gasteiger charge is -2.26. The summed E-state index contributed by atoms with van der Waals surface area (Å²) >= 11 is 0. The zero-order valence-corrected chi connectivity index (χ0v) is 19.9. The van der Waals surface area contributed by atoms with Gasteiger partial charge >= 0.3 is 0 Å². The van der Waals surface area contributed by atoms with Crippen LogP contribution in [0.4, 0.5) is 0 Å². The molecule has 0 bridgehead atoms. The molecule has 0 fully saturated rings. The lowest BCUT2D eigenvalue weighted by molar-refractivity contribution is 0.354. The molecule has 10 heteroatoms. The van der Waals surface area contributed by atoms with Crippen LogP contribution in [0.25, 0.3) is 0 Å². The Labute approximate surface area is 179 Å². The molecule has 156 valence electrons. The summed E-state index contributed by atoms with van der Waals surface area (Å²) in [5.41, 5.74) is 0.320. The van der Waals surface area contributed by atoms with Crippen molar-refractivity contribution in [1.29, 1.82) is 0 Å². The molecular weight excluding hydrogens is 483 g/mol. The molecule has 8 nitrogen and oxygen atoms in total. The smallest absolute Gasteiger partial charge is 0.209 e. The van der Waals surface area contributed by atoms with Crippen LogP contribution in [0.1, 0.15) is 26.3 Å². The molecule has 0 amide bonds. The van der Waals surface area contributed by atoms with Crippen molar-refractivity contribution in [3.05, 3.63) is 23.8 Å². The number of methoxy groups -OCH3 is 2. The number of nitrogens with one attached hydrogen (secondary N) is 3. The normalized spacial score (nSPS) is 12.1. The molecule has 3 N–H and O–H groups in total. The molecule has 0 radical (unpaired) electrons. The van der Waals surface area contributed by atoms with E-state index in [1.54, 1.807) is 28.1 Å². The standard InChI is InChI=1S/C17H30N4O4S.HI/c1-7-18-16(20-12-17(2,3)21-26(6,22)23)19-11-13-8-9-14(24-4)15(10-13)25-5;/h8-10,21H,7,11-12H2,1-6H3,(H2,18,19,20);1H. The van der Waals surface area contributed by atoms with E-state index in [9.17, 15) is 8.42 Å². The lowest BCUT2D eigenvalue weighted by atomic mass is 10.1. The summed E-state index contributed by atoms with van der Waals surface area (Å²) in [6.45, 7) is 7.09. The van der Waals surface area contributed by atoms with Gasteiger partial charge < -0.3 is 20.1 Å². The van der Waals surface area contributed by atoms with E-state index in [4.69, 9.17) is 9.47 Å². The van der Waals surface area contributed by atoms with Crippen LogP contribution < -0.4 is 24.8 Å². The first-order valence-corrected chi connectivity index (χ1v) is 10.2. The number of aliphatic imine (C=N–C) groups is 1. The van der Waals surface area contributed by atoms with Crippen molar-refractivity contribution >= 4 is 40.0 Å².